The number of fused-ring (bicyclic) bond motifs is 1. The summed E-state index contributed by atoms with van der Waals surface area (Å²) in [5.41, 5.74) is 2.85. The molecule has 1 N–H and O–H groups in total. The van der Waals surface area contributed by atoms with E-state index in [1.165, 1.54) is 11.1 Å². The molecular formula is C9H8O3. The lowest BCUT2D eigenvalue weighted by Gasteiger charge is -2.10. The van der Waals surface area contributed by atoms with Crippen molar-refractivity contribution in [3.63, 3.8) is 0 Å². The molecule has 0 radical (unpaired) electrons. The maximum absolute atomic E-state index is 9.54. The van der Waals surface area contributed by atoms with Crippen LogP contribution in [0, 0.1) is 0 Å². The molecule has 0 bridgehead atoms. The minimum absolute atomic E-state index is 0.824. The van der Waals surface area contributed by atoms with E-state index < -0.39 is 11.8 Å². The Morgan fingerprint density at radius 3 is 1.33 bits per heavy atom. The molecule has 0 aliphatic heterocycles. The maximum atomic E-state index is 9.54. The molecule has 0 heterocycles. The Morgan fingerprint density at radius 2 is 1.33 bits per heavy atom. The second-order valence-corrected chi connectivity index (χ2v) is 2.44. The van der Waals surface area contributed by atoms with Gasteiger partial charge in [0.1, 0.15) is 0 Å². The second kappa shape index (κ2) is 3.17. The first-order valence-electron chi connectivity index (χ1n) is 3.45. The highest BCUT2D eigenvalue weighted by atomic mass is 16.4. The van der Waals surface area contributed by atoms with Crippen molar-refractivity contribution in [2.75, 3.05) is 0 Å². The van der Waals surface area contributed by atoms with E-state index in [0.29, 0.717) is 0 Å². The molecule has 0 fully saturated rings. The summed E-state index contributed by atoms with van der Waals surface area (Å²) in [6.07, 6.45) is 0. The quantitative estimate of drug-likeness (QED) is 0.647. The van der Waals surface area contributed by atoms with E-state index in [0.717, 1.165) is 6.92 Å². The molecule has 0 unspecified atom stereocenters. The van der Waals surface area contributed by atoms with Crippen LogP contribution in [0.3, 0.4) is 0 Å². The zero-order chi connectivity index (χ0) is 9.14. The molecule has 0 aromatic heterocycles. The van der Waals surface area contributed by atoms with Crippen LogP contribution < -0.4 is 0 Å². The van der Waals surface area contributed by atoms with E-state index in [1.54, 1.807) is 0 Å². The highest BCUT2D eigenvalue weighted by molar-refractivity contribution is 6.31. The fourth-order valence-corrected chi connectivity index (χ4v) is 0.663. The van der Waals surface area contributed by atoms with Crippen molar-refractivity contribution in [2.45, 2.75) is 6.92 Å². The van der Waals surface area contributed by atoms with E-state index in [-0.39, 0.29) is 0 Å². The predicted molar refractivity (Wildman–Crippen MR) is 43.8 cm³/mol. The summed E-state index contributed by atoms with van der Waals surface area (Å²) in [7, 11) is 0. The SMILES string of the molecule is CC(=O)C(=O)O.c1cc2ccc1-2. The molecule has 62 valence electrons. The van der Waals surface area contributed by atoms with Gasteiger partial charge in [-0.3, -0.25) is 4.79 Å². The highest BCUT2D eigenvalue weighted by Crippen LogP contribution is 2.29. The number of hydrogen-bond donors (Lipinski definition) is 1. The number of aliphatic carboxylic acids is 1. The molecule has 0 saturated carbocycles. The van der Waals surface area contributed by atoms with Crippen molar-refractivity contribution in [3.05, 3.63) is 24.3 Å². The van der Waals surface area contributed by atoms with Gasteiger partial charge in [-0.15, -0.1) is 0 Å². The van der Waals surface area contributed by atoms with Gasteiger partial charge < -0.3 is 5.11 Å². The van der Waals surface area contributed by atoms with Gasteiger partial charge in [0.25, 0.3) is 0 Å². The average Bonchev–Trinajstić information content (AvgIpc) is 1.97. The average molecular weight is 164 g/mol. The van der Waals surface area contributed by atoms with Crippen molar-refractivity contribution in [3.8, 4) is 11.1 Å². The molecule has 2 aliphatic rings. The molecule has 0 aromatic rings. The van der Waals surface area contributed by atoms with Crippen LogP contribution in [0.15, 0.2) is 24.3 Å². The van der Waals surface area contributed by atoms with Crippen molar-refractivity contribution >= 4 is 11.8 Å². The van der Waals surface area contributed by atoms with Gasteiger partial charge in [-0.05, 0) is 11.1 Å². The van der Waals surface area contributed by atoms with Crippen molar-refractivity contribution in [1.82, 2.24) is 0 Å². The molecule has 3 nitrogen and oxygen atoms in total. The zero-order valence-electron chi connectivity index (χ0n) is 6.57. The Morgan fingerprint density at radius 1 is 1.08 bits per heavy atom. The standard InChI is InChI=1S/C6H4.C3H4O3/c1-2-6-4-3-5(1)6;1-2(4)3(5)6/h1-4H;1H3,(H,5,6). The van der Waals surface area contributed by atoms with Gasteiger partial charge in [0.2, 0.25) is 5.78 Å². The van der Waals surface area contributed by atoms with Crippen LogP contribution in [0.5, 0.6) is 0 Å². The largest absolute Gasteiger partial charge is 0.476 e. The van der Waals surface area contributed by atoms with Crippen LogP contribution in [0.4, 0.5) is 0 Å². The van der Waals surface area contributed by atoms with Crippen LogP contribution in [-0.2, 0) is 9.59 Å². The van der Waals surface area contributed by atoms with Gasteiger partial charge in [-0.2, -0.15) is 0 Å². The summed E-state index contributed by atoms with van der Waals surface area (Å²) in [6, 6.07) is 8.48. The van der Waals surface area contributed by atoms with E-state index in [4.69, 9.17) is 5.11 Å². The smallest absolute Gasteiger partial charge is 0.371 e. The molecule has 12 heavy (non-hydrogen) atoms. The van der Waals surface area contributed by atoms with Crippen LogP contribution in [-0.4, -0.2) is 16.9 Å². The summed E-state index contributed by atoms with van der Waals surface area (Å²) in [5.74, 6) is -2.20. The van der Waals surface area contributed by atoms with Crippen LogP contribution in [0.1, 0.15) is 6.92 Å². The summed E-state index contributed by atoms with van der Waals surface area (Å²) in [5, 5.41) is 7.64. The predicted octanol–water partition coefficient (Wildman–Crippen LogP) is 1.33. The lowest BCUT2D eigenvalue weighted by Crippen LogP contribution is -2.05. The summed E-state index contributed by atoms with van der Waals surface area (Å²) in [6.45, 7) is 1.00. The maximum Gasteiger partial charge on any atom is 0.371 e. The number of carboxylic acid groups (broad SMARTS) is 1. The molecule has 2 rings (SSSR count). The van der Waals surface area contributed by atoms with Gasteiger partial charge in [0, 0.05) is 6.92 Å². The number of carboxylic acids is 1. The molecular weight excluding hydrogens is 156 g/mol. The van der Waals surface area contributed by atoms with Crippen molar-refractivity contribution in [2.24, 2.45) is 0 Å². The molecule has 0 spiro atoms. The van der Waals surface area contributed by atoms with Crippen molar-refractivity contribution < 1.29 is 14.7 Å². The van der Waals surface area contributed by atoms with E-state index in [1.807, 2.05) is 0 Å². The van der Waals surface area contributed by atoms with Gasteiger partial charge in [-0.1, -0.05) is 24.3 Å². The Kier molecular flexibility index (Phi) is 2.24. The first kappa shape index (κ1) is 8.46. The Balaban J connectivity index is 0.000000120. The molecule has 0 atom stereocenters. The molecule has 0 saturated heterocycles. The van der Waals surface area contributed by atoms with Gasteiger partial charge in [-0.25, -0.2) is 4.79 Å². The lowest BCUT2D eigenvalue weighted by molar-refractivity contribution is -0.148. The number of carbonyl (C=O) groups is 2. The third kappa shape index (κ3) is 1.69. The minimum atomic E-state index is -1.38. The lowest BCUT2D eigenvalue weighted by atomic mass is 9.95. The van der Waals surface area contributed by atoms with Crippen molar-refractivity contribution in [1.29, 1.82) is 0 Å². The number of rotatable bonds is 1. The van der Waals surface area contributed by atoms with Gasteiger partial charge in [0.15, 0.2) is 0 Å². The van der Waals surface area contributed by atoms with E-state index in [2.05, 4.69) is 24.3 Å². The second-order valence-electron chi connectivity index (χ2n) is 2.44. The number of benzene rings is 1. The Bertz CT molecular complexity index is 278. The Labute approximate surface area is 69.6 Å². The number of carbonyl (C=O) groups excluding carboxylic acids is 1. The summed E-state index contributed by atoms with van der Waals surface area (Å²) in [4.78, 5) is 18.9. The van der Waals surface area contributed by atoms with Crippen LogP contribution in [0.2, 0.25) is 0 Å². The topological polar surface area (TPSA) is 54.4 Å². The van der Waals surface area contributed by atoms with Gasteiger partial charge >= 0.3 is 5.97 Å². The fraction of sp³-hybridized carbons (Fsp3) is 0.111. The first-order valence-corrected chi connectivity index (χ1v) is 3.45. The third-order valence-electron chi connectivity index (χ3n) is 1.52. The van der Waals surface area contributed by atoms with Gasteiger partial charge in [0.05, 0.1) is 0 Å². The number of ketones is 1. The van der Waals surface area contributed by atoms with Crippen LogP contribution >= 0.6 is 0 Å². The summed E-state index contributed by atoms with van der Waals surface area (Å²) >= 11 is 0. The molecule has 3 heteroatoms. The number of hydrogen-bond acceptors (Lipinski definition) is 2. The molecule has 0 amide bonds. The van der Waals surface area contributed by atoms with E-state index >= 15 is 0 Å². The molecule has 0 aromatic carbocycles. The summed E-state index contributed by atoms with van der Waals surface area (Å²) < 4.78 is 0. The Hall–Kier alpha value is -1.64. The normalized spacial score (nSPS) is 9.42. The fourth-order valence-electron chi connectivity index (χ4n) is 0.663. The molecule has 2 aliphatic carbocycles. The zero-order valence-corrected chi connectivity index (χ0v) is 6.57. The highest BCUT2D eigenvalue weighted by Gasteiger charge is 2.03. The minimum Gasteiger partial charge on any atom is -0.476 e. The first-order chi connectivity index (χ1) is 5.61. The van der Waals surface area contributed by atoms with E-state index in [9.17, 15) is 9.59 Å². The third-order valence-corrected chi connectivity index (χ3v) is 1.52. The van der Waals surface area contributed by atoms with Crippen LogP contribution in [0.25, 0.3) is 11.1 Å². The number of Topliss-reactive ketones (excluding diaryl/α,β-unsaturated/α-hetero) is 1. The monoisotopic (exact) mass is 164 g/mol.